The average Bonchev–Trinajstić information content (AvgIpc) is 2.69. The maximum Gasteiger partial charge on any atom is -0.000837 e. The minimum atomic E-state index is 0.807. The molecule has 1 aliphatic rings. The molecule has 14 heavy (non-hydrogen) atoms. The minimum absolute atomic E-state index is 0.807. The highest BCUT2D eigenvalue weighted by Gasteiger charge is 2.14. The van der Waals surface area contributed by atoms with E-state index in [0.717, 1.165) is 18.4 Å². The minimum Gasteiger partial charge on any atom is -0.319 e. The standard InChI is InChI=1S/C12H26N2/c1-3-11(8-13-2)9-14-10-12-6-4-5-7-12/h11-14H,3-10H2,1-2H3. The molecule has 0 bridgehead atoms. The van der Waals surface area contributed by atoms with Crippen LogP contribution in [-0.4, -0.2) is 26.7 Å². The first-order valence-corrected chi connectivity index (χ1v) is 6.22. The maximum absolute atomic E-state index is 3.62. The van der Waals surface area contributed by atoms with Crippen molar-refractivity contribution in [2.24, 2.45) is 11.8 Å². The van der Waals surface area contributed by atoms with Crippen LogP contribution in [0.25, 0.3) is 0 Å². The van der Waals surface area contributed by atoms with Gasteiger partial charge in [-0.05, 0) is 51.4 Å². The number of hydrogen-bond acceptors (Lipinski definition) is 2. The fraction of sp³-hybridized carbons (Fsp3) is 1.00. The monoisotopic (exact) mass is 198 g/mol. The van der Waals surface area contributed by atoms with Crippen LogP contribution in [0.4, 0.5) is 0 Å². The molecule has 0 saturated heterocycles. The van der Waals surface area contributed by atoms with Crippen molar-refractivity contribution in [1.29, 1.82) is 0 Å². The first-order chi connectivity index (χ1) is 6.86. The summed E-state index contributed by atoms with van der Waals surface area (Å²) >= 11 is 0. The highest BCUT2D eigenvalue weighted by Crippen LogP contribution is 2.23. The van der Waals surface area contributed by atoms with Gasteiger partial charge in [0.1, 0.15) is 0 Å². The molecule has 0 amide bonds. The molecule has 0 heterocycles. The van der Waals surface area contributed by atoms with Crippen LogP contribution in [0.5, 0.6) is 0 Å². The summed E-state index contributed by atoms with van der Waals surface area (Å²) in [5.41, 5.74) is 0. The van der Waals surface area contributed by atoms with Crippen LogP contribution in [0.2, 0.25) is 0 Å². The fourth-order valence-electron chi connectivity index (χ4n) is 2.36. The van der Waals surface area contributed by atoms with E-state index < -0.39 is 0 Å². The Balaban J connectivity index is 2.00. The maximum atomic E-state index is 3.62. The third-order valence-corrected chi connectivity index (χ3v) is 3.41. The van der Waals surface area contributed by atoms with Gasteiger partial charge in [-0.1, -0.05) is 26.2 Å². The topological polar surface area (TPSA) is 24.1 Å². The van der Waals surface area contributed by atoms with Gasteiger partial charge in [0.05, 0.1) is 0 Å². The van der Waals surface area contributed by atoms with Crippen molar-refractivity contribution in [2.45, 2.75) is 39.0 Å². The quantitative estimate of drug-likeness (QED) is 0.654. The summed E-state index contributed by atoms with van der Waals surface area (Å²) in [5, 5.41) is 6.88. The van der Waals surface area contributed by atoms with Crippen LogP contribution in [-0.2, 0) is 0 Å². The largest absolute Gasteiger partial charge is 0.319 e. The molecule has 1 aliphatic carbocycles. The second kappa shape index (κ2) is 7.24. The molecule has 0 radical (unpaired) electrons. The summed E-state index contributed by atoms with van der Waals surface area (Å²) in [7, 11) is 2.04. The van der Waals surface area contributed by atoms with Gasteiger partial charge < -0.3 is 10.6 Å². The van der Waals surface area contributed by atoms with Gasteiger partial charge in [0.2, 0.25) is 0 Å². The molecule has 2 nitrogen and oxygen atoms in total. The molecule has 0 aromatic carbocycles. The van der Waals surface area contributed by atoms with Gasteiger partial charge in [0, 0.05) is 0 Å². The fourth-order valence-corrected chi connectivity index (χ4v) is 2.36. The SMILES string of the molecule is CCC(CNC)CNCC1CCCC1. The predicted molar refractivity (Wildman–Crippen MR) is 62.5 cm³/mol. The highest BCUT2D eigenvalue weighted by atomic mass is 14.9. The lowest BCUT2D eigenvalue weighted by Crippen LogP contribution is -2.31. The van der Waals surface area contributed by atoms with Crippen molar-refractivity contribution in [3.05, 3.63) is 0 Å². The van der Waals surface area contributed by atoms with Crippen molar-refractivity contribution in [2.75, 3.05) is 26.7 Å². The second-order valence-corrected chi connectivity index (χ2v) is 4.64. The number of rotatable bonds is 7. The van der Waals surface area contributed by atoms with E-state index in [1.165, 1.54) is 45.2 Å². The molecule has 1 fully saturated rings. The summed E-state index contributed by atoms with van der Waals surface area (Å²) in [6, 6.07) is 0. The van der Waals surface area contributed by atoms with Crippen LogP contribution in [0.15, 0.2) is 0 Å². The summed E-state index contributed by atoms with van der Waals surface area (Å²) in [5.74, 6) is 1.78. The van der Waals surface area contributed by atoms with Crippen LogP contribution >= 0.6 is 0 Å². The van der Waals surface area contributed by atoms with Crippen LogP contribution in [0.1, 0.15) is 39.0 Å². The summed E-state index contributed by atoms with van der Waals surface area (Å²) in [6.45, 7) is 5.86. The van der Waals surface area contributed by atoms with E-state index in [9.17, 15) is 0 Å². The molecule has 0 aliphatic heterocycles. The highest BCUT2D eigenvalue weighted by molar-refractivity contribution is 4.71. The average molecular weight is 198 g/mol. The summed E-state index contributed by atoms with van der Waals surface area (Å²) in [6.07, 6.45) is 7.10. The molecule has 84 valence electrons. The molecule has 2 heteroatoms. The van der Waals surface area contributed by atoms with Crippen molar-refractivity contribution in [1.82, 2.24) is 10.6 Å². The van der Waals surface area contributed by atoms with Crippen molar-refractivity contribution in [3.8, 4) is 0 Å². The predicted octanol–water partition coefficient (Wildman–Crippen LogP) is 2.01. The van der Waals surface area contributed by atoms with E-state index in [2.05, 4.69) is 17.6 Å². The molecular weight excluding hydrogens is 172 g/mol. The van der Waals surface area contributed by atoms with Crippen molar-refractivity contribution >= 4 is 0 Å². The van der Waals surface area contributed by atoms with Crippen molar-refractivity contribution < 1.29 is 0 Å². The number of nitrogens with one attached hydrogen (secondary N) is 2. The lowest BCUT2D eigenvalue weighted by molar-refractivity contribution is 0.411. The third kappa shape index (κ3) is 4.43. The van der Waals surface area contributed by atoms with Gasteiger partial charge in [-0.25, -0.2) is 0 Å². The van der Waals surface area contributed by atoms with E-state index >= 15 is 0 Å². The zero-order valence-corrected chi connectivity index (χ0v) is 9.81. The first-order valence-electron chi connectivity index (χ1n) is 6.22. The Bertz CT molecular complexity index is 130. The molecule has 0 spiro atoms. The third-order valence-electron chi connectivity index (χ3n) is 3.41. The van der Waals surface area contributed by atoms with Crippen LogP contribution in [0.3, 0.4) is 0 Å². The first kappa shape index (κ1) is 12.0. The Morgan fingerprint density at radius 3 is 2.50 bits per heavy atom. The lowest BCUT2D eigenvalue weighted by atomic mass is 10.1. The van der Waals surface area contributed by atoms with E-state index in [0.29, 0.717) is 0 Å². The molecule has 2 N–H and O–H groups in total. The Morgan fingerprint density at radius 1 is 1.21 bits per heavy atom. The molecule has 1 saturated carbocycles. The van der Waals surface area contributed by atoms with Crippen molar-refractivity contribution in [3.63, 3.8) is 0 Å². The Morgan fingerprint density at radius 2 is 1.93 bits per heavy atom. The van der Waals surface area contributed by atoms with Crippen LogP contribution < -0.4 is 10.6 Å². The Kier molecular flexibility index (Phi) is 6.20. The van der Waals surface area contributed by atoms with Gasteiger partial charge in [-0.2, -0.15) is 0 Å². The summed E-state index contributed by atoms with van der Waals surface area (Å²) < 4.78 is 0. The van der Waals surface area contributed by atoms with E-state index in [1.807, 2.05) is 7.05 Å². The molecule has 1 rings (SSSR count). The second-order valence-electron chi connectivity index (χ2n) is 4.64. The molecule has 1 atom stereocenters. The van der Waals surface area contributed by atoms with E-state index in [4.69, 9.17) is 0 Å². The van der Waals surface area contributed by atoms with Crippen LogP contribution in [0, 0.1) is 11.8 Å². The van der Waals surface area contributed by atoms with E-state index in [-0.39, 0.29) is 0 Å². The van der Waals surface area contributed by atoms with Gasteiger partial charge >= 0.3 is 0 Å². The summed E-state index contributed by atoms with van der Waals surface area (Å²) in [4.78, 5) is 0. The molecular formula is C12H26N2. The van der Waals surface area contributed by atoms with Gasteiger partial charge in [-0.3, -0.25) is 0 Å². The number of hydrogen-bond donors (Lipinski definition) is 2. The molecule has 0 aromatic heterocycles. The van der Waals surface area contributed by atoms with E-state index in [1.54, 1.807) is 0 Å². The Hall–Kier alpha value is -0.0800. The molecule has 0 aromatic rings. The normalized spacial score (nSPS) is 20.1. The lowest BCUT2D eigenvalue weighted by Gasteiger charge is -2.17. The smallest absolute Gasteiger partial charge is 0.000837 e. The van der Waals surface area contributed by atoms with Gasteiger partial charge in [0.15, 0.2) is 0 Å². The van der Waals surface area contributed by atoms with Gasteiger partial charge in [-0.15, -0.1) is 0 Å². The molecule has 1 unspecified atom stereocenters. The zero-order valence-electron chi connectivity index (χ0n) is 9.81. The zero-order chi connectivity index (χ0) is 10.2. The van der Waals surface area contributed by atoms with Gasteiger partial charge in [0.25, 0.3) is 0 Å². The Labute approximate surface area is 88.8 Å².